The van der Waals surface area contributed by atoms with Gasteiger partial charge in [-0.2, -0.15) is 13.2 Å². The predicted octanol–water partition coefficient (Wildman–Crippen LogP) is 2.73. The van der Waals surface area contributed by atoms with E-state index in [9.17, 15) is 18.0 Å². The van der Waals surface area contributed by atoms with Crippen molar-refractivity contribution in [1.82, 2.24) is 0 Å². The third kappa shape index (κ3) is 2.14. The molecule has 0 spiro atoms. The van der Waals surface area contributed by atoms with Crippen molar-refractivity contribution in [2.45, 2.75) is 13.1 Å². The summed E-state index contributed by atoms with van der Waals surface area (Å²) in [7, 11) is 1.49. The molecule has 1 unspecified atom stereocenters. The Morgan fingerprint density at radius 2 is 2.06 bits per heavy atom. The second-order valence-electron chi connectivity index (χ2n) is 4.41. The number of fused-ring (bicyclic) bond motifs is 1. The molecule has 6 heteroatoms. The van der Waals surface area contributed by atoms with E-state index in [0.29, 0.717) is 12.2 Å². The van der Waals surface area contributed by atoms with Crippen LogP contribution in [0.2, 0.25) is 0 Å². The number of alkyl halides is 3. The number of hydrogen-bond acceptors (Lipinski definition) is 2. The monoisotopic (exact) mass is 258 g/mol. The van der Waals surface area contributed by atoms with E-state index in [1.54, 1.807) is 6.92 Å². The highest BCUT2D eigenvalue weighted by Crippen LogP contribution is 2.36. The van der Waals surface area contributed by atoms with Crippen LogP contribution in [0.5, 0.6) is 0 Å². The molecule has 0 saturated carbocycles. The summed E-state index contributed by atoms with van der Waals surface area (Å²) in [5.41, 5.74) is 0.0552. The highest BCUT2D eigenvalue weighted by Gasteiger charge is 2.33. The normalized spacial score (nSPS) is 20.2. The van der Waals surface area contributed by atoms with Gasteiger partial charge in [0, 0.05) is 13.6 Å². The van der Waals surface area contributed by atoms with Gasteiger partial charge < -0.3 is 10.2 Å². The lowest BCUT2D eigenvalue weighted by molar-refractivity contribution is -0.137. The average molecular weight is 258 g/mol. The molecule has 0 bridgehead atoms. The predicted molar refractivity (Wildman–Crippen MR) is 62.5 cm³/mol. The largest absolute Gasteiger partial charge is 0.416 e. The Bertz CT molecular complexity index is 485. The molecule has 1 aromatic carbocycles. The summed E-state index contributed by atoms with van der Waals surface area (Å²) in [6.07, 6.45) is -4.41. The molecule has 0 fully saturated rings. The first-order chi connectivity index (χ1) is 8.30. The van der Waals surface area contributed by atoms with Gasteiger partial charge in [-0.3, -0.25) is 4.79 Å². The minimum atomic E-state index is -4.41. The lowest BCUT2D eigenvalue weighted by Gasteiger charge is -2.20. The summed E-state index contributed by atoms with van der Waals surface area (Å²) < 4.78 is 37.9. The number of halogens is 3. The van der Waals surface area contributed by atoms with Crippen LogP contribution in [0.1, 0.15) is 12.5 Å². The molecule has 2 rings (SSSR count). The first-order valence-corrected chi connectivity index (χ1v) is 5.53. The molecular formula is C12H13F3N2O. The maximum absolute atomic E-state index is 12.6. The van der Waals surface area contributed by atoms with Gasteiger partial charge in [-0.1, -0.05) is 6.92 Å². The minimum absolute atomic E-state index is 0.194. The summed E-state index contributed by atoms with van der Waals surface area (Å²) in [5, 5.41) is 2.98. The van der Waals surface area contributed by atoms with Crippen LogP contribution >= 0.6 is 0 Å². The second kappa shape index (κ2) is 4.19. The van der Waals surface area contributed by atoms with Gasteiger partial charge >= 0.3 is 6.18 Å². The minimum Gasteiger partial charge on any atom is -0.383 e. The van der Waals surface area contributed by atoms with Crippen molar-refractivity contribution in [3.05, 3.63) is 23.8 Å². The van der Waals surface area contributed by atoms with Crippen molar-refractivity contribution in [3.8, 4) is 0 Å². The molecule has 98 valence electrons. The molecule has 3 nitrogen and oxygen atoms in total. The Labute approximate surface area is 103 Å². The van der Waals surface area contributed by atoms with E-state index in [2.05, 4.69) is 5.32 Å². The average Bonchev–Trinajstić information content (AvgIpc) is 2.41. The maximum atomic E-state index is 12.6. The number of benzene rings is 1. The molecule has 0 radical (unpaired) electrons. The summed E-state index contributed by atoms with van der Waals surface area (Å²) in [5.74, 6) is -0.461. The zero-order chi connectivity index (χ0) is 13.5. The highest BCUT2D eigenvalue weighted by molar-refractivity contribution is 5.99. The smallest absolute Gasteiger partial charge is 0.383 e. The number of hydrogen-bond donors (Lipinski definition) is 1. The molecule has 1 aliphatic heterocycles. The Hall–Kier alpha value is -1.72. The fourth-order valence-electron chi connectivity index (χ4n) is 1.93. The van der Waals surface area contributed by atoms with Crippen LogP contribution in [0.25, 0.3) is 0 Å². The lowest BCUT2D eigenvalue weighted by atomic mass is 10.1. The third-order valence-corrected chi connectivity index (χ3v) is 3.04. The van der Waals surface area contributed by atoms with Gasteiger partial charge in [0.1, 0.15) is 0 Å². The van der Waals surface area contributed by atoms with Crippen LogP contribution in [0.4, 0.5) is 24.5 Å². The van der Waals surface area contributed by atoms with E-state index in [-0.39, 0.29) is 17.5 Å². The quantitative estimate of drug-likeness (QED) is 0.776. The lowest BCUT2D eigenvalue weighted by Crippen LogP contribution is -2.32. The van der Waals surface area contributed by atoms with Gasteiger partial charge in [-0.15, -0.1) is 0 Å². The summed E-state index contributed by atoms with van der Waals surface area (Å²) >= 11 is 0. The Morgan fingerprint density at radius 3 is 2.67 bits per heavy atom. The van der Waals surface area contributed by atoms with Crippen molar-refractivity contribution >= 4 is 17.3 Å². The molecule has 1 heterocycles. The van der Waals surface area contributed by atoms with Crippen molar-refractivity contribution in [1.29, 1.82) is 0 Å². The van der Waals surface area contributed by atoms with Gasteiger partial charge in [-0.25, -0.2) is 0 Å². The molecule has 1 amide bonds. The molecule has 1 aliphatic rings. The van der Waals surface area contributed by atoms with E-state index < -0.39 is 11.7 Å². The van der Waals surface area contributed by atoms with E-state index in [0.717, 1.165) is 12.1 Å². The number of nitrogens with one attached hydrogen (secondary N) is 1. The zero-order valence-electron chi connectivity index (χ0n) is 10.0. The first kappa shape index (κ1) is 12.7. The van der Waals surface area contributed by atoms with Gasteiger partial charge in [0.2, 0.25) is 5.91 Å². The van der Waals surface area contributed by atoms with Crippen molar-refractivity contribution in [3.63, 3.8) is 0 Å². The number of carbonyl (C=O) groups is 1. The second-order valence-corrected chi connectivity index (χ2v) is 4.41. The van der Waals surface area contributed by atoms with Crippen LogP contribution in [-0.2, 0) is 11.0 Å². The van der Waals surface area contributed by atoms with E-state index >= 15 is 0 Å². The number of nitrogens with zero attached hydrogens (tertiary/aromatic N) is 1. The summed E-state index contributed by atoms with van der Waals surface area (Å²) in [6.45, 7) is 2.16. The molecule has 1 atom stereocenters. The van der Waals surface area contributed by atoms with E-state index in [4.69, 9.17) is 0 Å². The Morgan fingerprint density at radius 1 is 1.39 bits per heavy atom. The van der Waals surface area contributed by atoms with Crippen LogP contribution in [0, 0.1) is 5.92 Å². The Kier molecular flexibility index (Phi) is 2.96. The standard InChI is InChI=1S/C12H13F3N2O/c1-7-6-16-9-4-3-8(12(13,14)15)5-10(9)17(2)11(7)18/h3-5,7,16H,6H2,1-2H3. The van der Waals surface area contributed by atoms with Gasteiger partial charge in [0.15, 0.2) is 0 Å². The number of rotatable bonds is 0. The van der Waals surface area contributed by atoms with Crippen LogP contribution in [0.15, 0.2) is 18.2 Å². The van der Waals surface area contributed by atoms with Gasteiger partial charge in [0.25, 0.3) is 0 Å². The van der Waals surface area contributed by atoms with E-state index in [1.807, 2.05) is 0 Å². The molecule has 18 heavy (non-hydrogen) atoms. The number of amides is 1. The van der Waals surface area contributed by atoms with Crippen LogP contribution < -0.4 is 10.2 Å². The fourth-order valence-corrected chi connectivity index (χ4v) is 1.93. The molecule has 1 aromatic rings. The SMILES string of the molecule is CC1CNc2ccc(C(F)(F)F)cc2N(C)C1=O. The van der Waals surface area contributed by atoms with Crippen molar-refractivity contribution < 1.29 is 18.0 Å². The fraction of sp³-hybridized carbons (Fsp3) is 0.417. The molecular weight excluding hydrogens is 245 g/mol. The molecule has 0 aromatic heterocycles. The third-order valence-electron chi connectivity index (χ3n) is 3.04. The van der Waals surface area contributed by atoms with Gasteiger partial charge in [0.05, 0.1) is 22.9 Å². The maximum Gasteiger partial charge on any atom is 0.416 e. The molecule has 0 aliphatic carbocycles. The zero-order valence-corrected chi connectivity index (χ0v) is 10.0. The number of anilines is 2. The highest BCUT2D eigenvalue weighted by atomic mass is 19.4. The van der Waals surface area contributed by atoms with Crippen molar-refractivity contribution in [2.75, 3.05) is 23.8 Å². The van der Waals surface area contributed by atoms with Crippen LogP contribution in [-0.4, -0.2) is 19.5 Å². The Balaban J connectivity index is 2.49. The number of carbonyl (C=O) groups excluding carboxylic acids is 1. The topological polar surface area (TPSA) is 32.3 Å². The molecule has 0 saturated heterocycles. The summed E-state index contributed by atoms with van der Waals surface area (Å²) in [6, 6.07) is 3.37. The van der Waals surface area contributed by atoms with Crippen molar-refractivity contribution in [2.24, 2.45) is 5.92 Å². The van der Waals surface area contributed by atoms with E-state index in [1.165, 1.54) is 18.0 Å². The first-order valence-electron chi connectivity index (χ1n) is 5.53. The summed E-state index contributed by atoms with van der Waals surface area (Å²) in [4.78, 5) is 13.1. The molecule has 1 N–H and O–H groups in total. The van der Waals surface area contributed by atoms with Crippen LogP contribution in [0.3, 0.4) is 0 Å². The van der Waals surface area contributed by atoms with Gasteiger partial charge in [-0.05, 0) is 18.2 Å².